The zero-order valence-corrected chi connectivity index (χ0v) is 10.7. The van der Waals surface area contributed by atoms with Gasteiger partial charge in [0.1, 0.15) is 0 Å². The first-order chi connectivity index (χ1) is 6.86. The number of hydrogen-bond acceptors (Lipinski definition) is 2. The fraction of sp³-hybridized carbons (Fsp3) is 0.667. The van der Waals surface area contributed by atoms with Crippen molar-refractivity contribution < 1.29 is 0 Å². The molecule has 1 aromatic rings. The second-order valence-corrected chi connectivity index (χ2v) is 5.77. The van der Waals surface area contributed by atoms with Gasteiger partial charge in [-0.15, -0.1) is 23.7 Å². The molecule has 1 unspecified atom stereocenters. The number of nitrogens with one attached hydrogen (secondary N) is 1. The number of halogens is 1. The van der Waals surface area contributed by atoms with Gasteiger partial charge in [-0.1, -0.05) is 0 Å². The molecule has 3 rings (SSSR count). The number of hydrogen-bond donors (Lipinski definition) is 1. The molecule has 84 valence electrons. The molecule has 15 heavy (non-hydrogen) atoms. The minimum atomic E-state index is 0. The monoisotopic (exact) mass is 243 g/mol. The summed E-state index contributed by atoms with van der Waals surface area (Å²) in [6, 6.07) is 3.21. The molecule has 1 heterocycles. The largest absolute Gasteiger partial charge is 0.317 e. The second kappa shape index (κ2) is 4.44. The maximum Gasteiger partial charge on any atom is 0.0108 e. The molecule has 1 nitrogen and oxygen atoms in total. The lowest BCUT2D eigenvalue weighted by Gasteiger charge is -2.21. The van der Waals surface area contributed by atoms with E-state index in [0.29, 0.717) is 0 Å². The summed E-state index contributed by atoms with van der Waals surface area (Å²) < 4.78 is 0. The summed E-state index contributed by atoms with van der Waals surface area (Å²) in [5, 5.41) is 3.40. The van der Waals surface area contributed by atoms with Gasteiger partial charge in [0.2, 0.25) is 0 Å². The normalized spacial score (nSPS) is 24.5. The number of thiophene rings is 1. The minimum absolute atomic E-state index is 0. The van der Waals surface area contributed by atoms with Crippen LogP contribution < -0.4 is 5.32 Å². The quantitative estimate of drug-likeness (QED) is 0.842. The Morgan fingerprint density at radius 2 is 2.13 bits per heavy atom. The molecule has 1 fully saturated rings. The summed E-state index contributed by atoms with van der Waals surface area (Å²) in [4.78, 5) is 3.35. The predicted molar refractivity (Wildman–Crippen MR) is 68.4 cm³/mol. The average Bonchev–Trinajstić information content (AvgIpc) is 2.97. The van der Waals surface area contributed by atoms with Crippen LogP contribution in [-0.2, 0) is 12.8 Å². The Hall–Kier alpha value is -0.0500. The van der Waals surface area contributed by atoms with Gasteiger partial charge in [-0.25, -0.2) is 0 Å². The minimum Gasteiger partial charge on any atom is -0.317 e. The molecule has 0 radical (unpaired) electrons. The maximum atomic E-state index is 3.40. The topological polar surface area (TPSA) is 12.0 Å². The Labute approximate surface area is 102 Å². The van der Waals surface area contributed by atoms with E-state index in [9.17, 15) is 0 Å². The van der Waals surface area contributed by atoms with Gasteiger partial charge in [-0.05, 0) is 56.7 Å². The molecule has 1 aromatic heterocycles. The average molecular weight is 244 g/mol. The summed E-state index contributed by atoms with van der Waals surface area (Å²) in [5.74, 6) is 0.943. The summed E-state index contributed by atoms with van der Waals surface area (Å²) in [7, 11) is 2.09. The molecule has 1 atom stereocenters. The Bertz CT molecular complexity index is 343. The molecule has 0 amide bonds. The van der Waals surface area contributed by atoms with Crippen molar-refractivity contribution in [2.45, 2.75) is 44.1 Å². The van der Waals surface area contributed by atoms with E-state index in [0.717, 1.165) is 12.0 Å². The first-order valence-electron chi connectivity index (χ1n) is 5.65. The molecule has 3 heteroatoms. The Morgan fingerprint density at radius 3 is 2.80 bits per heavy atom. The summed E-state index contributed by atoms with van der Waals surface area (Å²) in [6.07, 6.45) is 6.77. The van der Waals surface area contributed by atoms with Gasteiger partial charge in [-0.3, -0.25) is 0 Å². The Kier molecular flexibility index (Phi) is 3.39. The van der Waals surface area contributed by atoms with Gasteiger partial charge >= 0.3 is 0 Å². The highest BCUT2D eigenvalue weighted by Gasteiger charge is 2.28. The standard InChI is InChI=1S/C12H17NS.ClH/c1-13-10-4-5-11-9(6-10)7-12(14-11)8-2-3-8;/h7-8,10,13H,2-6H2,1H3;1H. The van der Waals surface area contributed by atoms with Crippen LogP contribution in [0.3, 0.4) is 0 Å². The van der Waals surface area contributed by atoms with Crippen LogP contribution in [0.25, 0.3) is 0 Å². The molecular formula is C12H18ClNS. The summed E-state index contributed by atoms with van der Waals surface area (Å²) in [6.45, 7) is 0. The fourth-order valence-electron chi connectivity index (χ4n) is 2.36. The van der Waals surface area contributed by atoms with E-state index in [1.54, 1.807) is 15.3 Å². The lowest BCUT2D eigenvalue weighted by Crippen LogP contribution is -2.30. The molecular weight excluding hydrogens is 226 g/mol. The maximum absolute atomic E-state index is 3.40. The van der Waals surface area contributed by atoms with Crippen LogP contribution in [0.2, 0.25) is 0 Å². The third kappa shape index (κ3) is 2.22. The number of fused-ring (bicyclic) bond motifs is 1. The van der Waals surface area contributed by atoms with Crippen molar-refractivity contribution in [1.29, 1.82) is 0 Å². The molecule has 2 aliphatic carbocycles. The van der Waals surface area contributed by atoms with Gasteiger partial charge in [0, 0.05) is 15.8 Å². The SMILES string of the molecule is CNC1CCc2sc(C3CC3)cc2C1.Cl. The molecule has 0 saturated heterocycles. The Balaban J connectivity index is 0.000000853. The van der Waals surface area contributed by atoms with Crippen molar-refractivity contribution in [2.24, 2.45) is 0 Å². The molecule has 0 spiro atoms. The van der Waals surface area contributed by atoms with E-state index in [4.69, 9.17) is 0 Å². The van der Waals surface area contributed by atoms with Crippen molar-refractivity contribution in [2.75, 3.05) is 7.05 Å². The Morgan fingerprint density at radius 1 is 1.33 bits per heavy atom. The van der Waals surface area contributed by atoms with E-state index in [1.165, 1.54) is 32.1 Å². The van der Waals surface area contributed by atoms with Crippen LogP contribution >= 0.6 is 23.7 Å². The third-order valence-corrected chi connectivity index (χ3v) is 4.89. The molecule has 1 N–H and O–H groups in total. The third-order valence-electron chi connectivity index (χ3n) is 3.49. The zero-order chi connectivity index (χ0) is 9.54. The molecule has 1 saturated carbocycles. The molecule has 0 aromatic carbocycles. The van der Waals surface area contributed by atoms with Gasteiger partial charge in [0.05, 0.1) is 0 Å². The van der Waals surface area contributed by atoms with E-state index in [-0.39, 0.29) is 12.4 Å². The van der Waals surface area contributed by atoms with E-state index >= 15 is 0 Å². The summed E-state index contributed by atoms with van der Waals surface area (Å²) >= 11 is 2.09. The first-order valence-corrected chi connectivity index (χ1v) is 6.47. The molecule has 0 bridgehead atoms. The van der Waals surface area contributed by atoms with Gasteiger partial charge in [0.15, 0.2) is 0 Å². The van der Waals surface area contributed by atoms with E-state index < -0.39 is 0 Å². The van der Waals surface area contributed by atoms with Crippen molar-refractivity contribution >= 4 is 23.7 Å². The highest BCUT2D eigenvalue weighted by Crippen LogP contribution is 2.45. The van der Waals surface area contributed by atoms with Crippen molar-refractivity contribution in [1.82, 2.24) is 5.32 Å². The van der Waals surface area contributed by atoms with Crippen LogP contribution in [0.1, 0.15) is 40.5 Å². The highest BCUT2D eigenvalue weighted by molar-refractivity contribution is 7.12. The van der Waals surface area contributed by atoms with Crippen LogP contribution in [0.4, 0.5) is 0 Å². The van der Waals surface area contributed by atoms with Gasteiger partial charge in [0.25, 0.3) is 0 Å². The van der Waals surface area contributed by atoms with E-state index in [1.807, 2.05) is 0 Å². The van der Waals surface area contributed by atoms with Crippen molar-refractivity contribution in [3.05, 3.63) is 21.4 Å². The number of rotatable bonds is 2. The summed E-state index contributed by atoms with van der Waals surface area (Å²) in [5.41, 5.74) is 1.64. The number of likely N-dealkylation sites (N-methyl/N-ethyl adjacent to an activating group) is 1. The van der Waals surface area contributed by atoms with Crippen LogP contribution in [-0.4, -0.2) is 13.1 Å². The highest BCUT2D eigenvalue weighted by atomic mass is 35.5. The lowest BCUT2D eigenvalue weighted by molar-refractivity contribution is 0.500. The smallest absolute Gasteiger partial charge is 0.0108 e. The molecule has 0 aliphatic heterocycles. The van der Waals surface area contributed by atoms with Gasteiger partial charge < -0.3 is 5.32 Å². The van der Waals surface area contributed by atoms with E-state index in [2.05, 4.69) is 29.8 Å². The van der Waals surface area contributed by atoms with Crippen LogP contribution in [0, 0.1) is 0 Å². The van der Waals surface area contributed by atoms with Crippen LogP contribution in [0.5, 0.6) is 0 Å². The second-order valence-electron chi connectivity index (χ2n) is 4.60. The van der Waals surface area contributed by atoms with Gasteiger partial charge in [-0.2, -0.15) is 0 Å². The zero-order valence-electron chi connectivity index (χ0n) is 9.08. The van der Waals surface area contributed by atoms with Crippen molar-refractivity contribution in [3.8, 4) is 0 Å². The van der Waals surface area contributed by atoms with Crippen molar-refractivity contribution in [3.63, 3.8) is 0 Å². The fourth-order valence-corrected chi connectivity index (χ4v) is 3.74. The lowest BCUT2D eigenvalue weighted by atomic mass is 9.94. The molecule has 2 aliphatic rings. The van der Waals surface area contributed by atoms with Crippen LogP contribution in [0.15, 0.2) is 6.07 Å². The number of aryl methyl sites for hydroxylation is 1. The first kappa shape index (κ1) is 11.4. The predicted octanol–water partition coefficient (Wildman–Crippen LogP) is 3.12.